The van der Waals surface area contributed by atoms with Gasteiger partial charge in [0.25, 0.3) is 5.56 Å². The molecule has 2 heterocycles. The first-order valence-electron chi connectivity index (χ1n) is 7.47. The van der Waals surface area contributed by atoms with Crippen LogP contribution in [0.2, 0.25) is 0 Å². The highest BCUT2D eigenvalue weighted by Gasteiger charge is 2.15. The van der Waals surface area contributed by atoms with Crippen LogP contribution in [-0.4, -0.2) is 19.5 Å². The van der Waals surface area contributed by atoms with Gasteiger partial charge in [-0.1, -0.05) is 12.1 Å². The maximum atomic E-state index is 14.0. The van der Waals surface area contributed by atoms with E-state index in [-0.39, 0.29) is 22.6 Å². The number of imidazole rings is 1. The largest absolute Gasteiger partial charge is 0.304 e. The number of aromatic amines is 1. The number of benzene rings is 2. The van der Waals surface area contributed by atoms with Crippen LogP contribution < -0.4 is 5.56 Å². The Labute approximate surface area is 145 Å². The molecule has 0 saturated heterocycles. The van der Waals surface area contributed by atoms with Gasteiger partial charge in [-0.2, -0.15) is 0 Å². The third kappa shape index (κ3) is 2.52. The van der Waals surface area contributed by atoms with Gasteiger partial charge in [0.05, 0.1) is 12.1 Å². The van der Waals surface area contributed by atoms with Crippen molar-refractivity contribution in [2.24, 2.45) is 0 Å². The maximum Gasteiger partial charge on any atom is 0.279 e. The van der Waals surface area contributed by atoms with Crippen LogP contribution >= 0.6 is 0 Å². The van der Waals surface area contributed by atoms with Crippen molar-refractivity contribution in [3.63, 3.8) is 0 Å². The minimum absolute atomic E-state index is 0.0264. The normalized spacial score (nSPS) is 10.8. The molecule has 1 N–H and O–H groups in total. The predicted octanol–water partition coefficient (Wildman–Crippen LogP) is 3.60. The number of aromatic nitrogens is 4. The number of halogens is 2. The summed E-state index contributed by atoms with van der Waals surface area (Å²) in [5.41, 5.74) is 0.863. The Morgan fingerprint density at radius 3 is 2.58 bits per heavy atom. The molecule has 0 radical (unpaired) electrons. The summed E-state index contributed by atoms with van der Waals surface area (Å²) in [5.74, 6) is -1.58. The number of nitrogens with zero attached hydrogens (tertiary/aromatic N) is 4. The van der Waals surface area contributed by atoms with Crippen molar-refractivity contribution < 1.29 is 8.78 Å². The number of rotatable bonds is 2. The maximum absolute atomic E-state index is 14.0. The van der Waals surface area contributed by atoms with Gasteiger partial charge in [0, 0.05) is 11.8 Å². The van der Waals surface area contributed by atoms with Crippen molar-refractivity contribution in [1.29, 1.82) is 0 Å². The number of fused-ring (bicyclic) bond motifs is 1. The second-order valence-electron chi connectivity index (χ2n) is 5.45. The van der Waals surface area contributed by atoms with Crippen molar-refractivity contribution in [2.75, 3.05) is 0 Å². The van der Waals surface area contributed by atoms with Gasteiger partial charge >= 0.3 is 0 Å². The van der Waals surface area contributed by atoms with Crippen LogP contribution in [-0.2, 0) is 0 Å². The second kappa shape index (κ2) is 5.89. The number of H-pyrrole nitrogens is 1. The van der Waals surface area contributed by atoms with Gasteiger partial charge < -0.3 is 4.98 Å². The molecule has 6 nitrogen and oxygen atoms in total. The molecule has 26 heavy (non-hydrogen) atoms. The molecule has 2 aromatic heterocycles. The third-order valence-electron chi connectivity index (χ3n) is 3.85. The van der Waals surface area contributed by atoms with Gasteiger partial charge in [-0.3, -0.25) is 9.36 Å². The van der Waals surface area contributed by atoms with E-state index in [9.17, 15) is 13.6 Å². The van der Waals surface area contributed by atoms with Crippen molar-refractivity contribution in [1.82, 2.24) is 19.5 Å². The van der Waals surface area contributed by atoms with E-state index < -0.39 is 17.2 Å². The molecule has 0 spiro atoms. The molecule has 0 unspecified atom stereocenters. The monoisotopic (exact) mass is 349 g/mol. The highest BCUT2D eigenvalue weighted by molar-refractivity contribution is 5.75. The Morgan fingerprint density at radius 1 is 1.12 bits per heavy atom. The van der Waals surface area contributed by atoms with E-state index in [0.717, 1.165) is 12.1 Å². The number of nitrogens with one attached hydrogen (secondary N) is 1. The van der Waals surface area contributed by atoms with Gasteiger partial charge in [-0.25, -0.2) is 23.6 Å². The van der Waals surface area contributed by atoms with Gasteiger partial charge in [0.1, 0.15) is 23.8 Å². The smallest absolute Gasteiger partial charge is 0.279 e. The molecule has 0 amide bonds. The van der Waals surface area contributed by atoms with Crippen LogP contribution in [0.5, 0.6) is 0 Å². The summed E-state index contributed by atoms with van der Waals surface area (Å²) in [7, 11) is 0. The summed E-state index contributed by atoms with van der Waals surface area (Å²) >= 11 is 0. The van der Waals surface area contributed by atoms with Crippen molar-refractivity contribution in [2.45, 2.75) is 0 Å². The highest BCUT2D eigenvalue weighted by atomic mass is 19.1. The first-order valence-corrected chi connectivity index (χ1v) is 7.47. The lowest BCUT2D eigenvalue weighted by Crippen LogP contribution is -2.11. The number of hydrogen-bond acceptors (Lipinski definition) is 3. The average molecular weight is 349 g/mol. The molecule has 2 aromatic carbocycles. The third-order valence-corrected chi connectivity index (χ3v) is 3.85. The Balaban J connectivity index is 1.93. The van der Waals surface area contributed by atoms with E-state index in [1.54, 1.807) is 28.8 Å². The molecule has 0 fully saturated rings. The molecular weight excluding hydrogens is 340 g/mol. The quantitative estimate of drug-likeness (QED) is 0.562. The minimum Gasteiger partial charge on any atom is -0.304 e. The summed E-state index contributed by atoms with van der Waals surface area (Å²) in [6, 6.07) is 9.65. The zero-order chi connectivity index (χ0) is 18.3. The van der Waals surface area contributed by atoms with Gasteiger partial charge in [-0.05, 0) is 24.3 Å². The van der Waals surface area contributed by atoms with Gasteiger partial charge in [0.2, 0.25) is 0 Å². The van der Waals surface area contributed by atoms with E-state index >= 15 is 0 Å². The lowest BCUT2D eigenvalue weighted by Gasteiger charge is -2.06. The Morgan fingerprint density at radius 2 is 1.88 bits per heavy atom. The Bertz CT molecular complexity index is 1240. The topological polar surface area (TPSA) is 67.9 Å². The molecule has 0 aliphatic carbocycles. The van der Waals surface area contributed by atoms with Crippen LogP contribution in [0.3, 0.4) is 0 Å². The average Bonchev–Trinajstić information content (AvgIpc) is 3.06. The van der Waals surface area contributed by atoms with Crippen molar-refractivity contribution in [3.05, 3.63) is 82.2 Å². The highest BCUT2D eigenvalue weighted by Crippen LogP contribution is 2.22. The number of hydrogen-bond donors (Lipinski definition) is 1. The summed E-state index contributed by atoms with van der Waals surface area (Å²) in [6.45, 7) is 6.99. The molecule has 126 valence electrons. The molecule has 0 bridgehead atoms. The first-order chi connectivity index (χ1) is 12.6. The minimum atomic E-state index is -0.833. The van der Waals surface area contributed by atoms with Crippen molar-refractivity contribution in [3.8, 4) is 17.1 Å². The van der Waals surface area contributed by atoms with Crippen LogP contribution in [0, 0.1) is 18.2 Å². The molecule has 4 rings (SSSR count). The van der Waals surface area contributed by atoms with E-state index in [1.807, 2.05) is 0 Å². The predicted molar refractivity (Wildman–Crippen MR) is 91.1 cm³/mol. The van der Waals surface area contributed by atoms with E-state index in [4.69, 9.17) is 6.57 Å². The van der Waals surface area contributed by atoms with Crippen molar-refractivity contribution >= 4 is 16.9 Å². The zero-order valence-corrected chi connectivity index (χ0v) is 13.1. The summed E-state index contributed by atoms with van der Waals surface area (Å²) in [5, 5.41) is 0. The molecule has 0 aliphatic rings. The Kier molecular flexibility index (Phi) is 3.55. The molecule has 0 aliphatic heterocycles. The van der Waals surface area contributed by atoms with E-state index in [0.29, 0.717) is 11.4 Å². The van der Waals surface area contributed by atoms with E-state index in [2.05, 4.69) is 19.8 Å². The molecule has 0 saturated carbocycles. The van der Waals surface area contributed by atoms with E-state index in [1.165, 1.54) is 12.4 Å². The van der Waals surface area contributed by atoms with Crippen LogP contribution in [0.15, 0.2) is 53.6 Å². The fourth-order valence-corrected chi connectivity index (χ4v) is 2.60. The lowest BCUT2D eigenvalue weighted by molar-refractivity contribution is 0.585. The summed E-state index contributed by atoms with van der Waals surface area (Å²) in [6.07, 6.45) is 1.42. The van der Waals surface area contributed by atoms with Crippen LogP contribution in [0.1, 0.15) is 0 Å². The molecule has 4 aromatic rings. The molecule has 8 heteroatoms. The molecular formula is C18H9F2N5O. The Hall–Kier alpha value is -3.86. The summed E-state index contributed by atoms with van der Waals surface area (Å²) in [4.78, 5) is 26.4. The van der Waals surface area contributed by atoms with Gasteiger partial charge in [-0.15, -0.1) is 0 Å². The van der Waals surface area contributed by atoms with Crippen LogP contribution in [0.25, 0.3) is 33.1 Å². The molecule has 0 atom stereocenters. The first kappa shape index (κ1) is 15.7. The SMILES string of the molecule is [C-]#[N+]c1ccc(-n2cnc3c(=O)[nH]c(-c4ccc(F)cc4F)nc32)cc1. The van der Waals surface area contributed by atoms with Crippen LogP contribution in [0.4, 0.5) is 14.5 Å². The second-order valence-corrected chi connectivity index (χ2v) is 5.45. The standard InChI is InChI=1S/C18H9F2N5O/c1-21-11-3-5-12(6-4-11)25-9-22-15-17(25)23-16(24-18(15)26)13-7-2-10(19)8-14(13)20/h2-9H,(H,23,24,26). The fraction of sp³-hybridized carbons (Fsp3) is 0. The summed E-state index contributed by atoms with van der Waals surface area (Å²) < 4.78 is 28.7. The lowest BCUT2D eigenvalue weighted by atomic mass is 10.2. The van der Waals surface area contributed by atoms with Gasteiger partial charge in [0.15, 0.2) is 16.9 Å². The fourth-order valence-electron chi connectivity index (χ4n) is 2.60. The zero-order valence-electron chi connectivity index (χ0n) is 13.1.